The highest BCUT2D eigenvalue weighted by atomic mass is 79.9. The zero-order valence-electron chi connectivity index (χ0n) is 8.76. The molecule has 0 atom stereocenters. The first-order valence-electron chi connectivity index (χ1n) is 4.77. The van der Waals surface area contributed by atoms with Crippen molar-refractivity contribution in [2.24, 2.45) is 0 Å². The van der Waals surface area contributed by atoms with Crippen LogP contribution in [0.4, 0.5) is 0 Å². The number of halogens is 3. The van der Waals surface area contributed by atoms with Crippen LogP contribution in [-0.4, -0.2) is 15.7 Å². The number of nitrogens with one attached hydrogen (secondary N) is 1. The summed E-state index contributed by atoms with van der Waals surface area (Å²) < 4.78 is 2.56. The van der Waals surface area contributed by atoms with Crippen molar-refractivity contribution < 1.29 is 0 Å². The van der Waals surface area contributed by atoms with E-state index in [0.29, 0.717) is 16.1 Å². The molecule has 0 bridgehead atoms. The predicted octanol–water partition coefficient (Wildman–Crippen LogP) is 4.06. The Morgan fingerprint density at radius 2 is 2.12 bits per heavy atom. The number of imidazole rings is 1. The number of hydrogen-bond donors (Lipinski definition) is 1. The minimum absolute atomic E-state index is 0.311. The molecule has 86 valence electrons. The van der Waals surface area contributed by atoms with Crippen molar-refractivity contribution in [2.45, 2.75) is 19.9 Å². The topological polar surface area (TPSA) is 29.9 Å². The SMILES string of the molecule is CC(C)Nn1cnc2c(Br)c(Cl)c(Cl)cc21. The number of aromatic nitrogens is 2. The van der Waals surface area contributed by atoms with Gasteiger partial charge in [-0.3, -0.25) is 0 Å². The van der Waals surface area contributed by atoms with Gasteiger partial charge >= 0.3 is 0 Å². The summed E-state index contributed by atoms with van der Waals surface area (Å²) in [5.41, 5.74) is 4.93. The number of nitrogens with zero attached hydrogens (tertiary/aromatic N) is 2. The number of benzene rings is 1. The van der Waals surface area contributed by atoms with Gasteiger partial charge in [0.1, 0.15) is 11.8 Å². The van der Waals surface area contributed by atoms with Crippen molar-refractivity contribution in [3.8, 4) is 0 Å². The average molecular weight is 323 g/mol. The van der Waals surface area contributed by atoms with E-state index in [2.05, 4.69) is 40.2 Å². The predicted molar refractivity (Wildman–Crippen MR) is 71.9 cm³/mol. The Labute approximate surface area is 112 Å². The molecule has 6 heteroatoms. The van der Waals surface area contributed by atoms with E-state index < -0.39 is 0 Å². The highest BCUT2D eigenvalue weighted by molar-refractivity contribution is 9.10. The van der Waals surface area contributed by atoms with Crippen molar-refractivity contribution in [3.63, 3.8) is 0 Å². The lowest BCUT2D eigenvalue weighted by Crippen LogP contribution is -2.21. The number of hydrogen-bond acceptors (Lipinski definition) is 2. The molecule has 1 heterocycles. The van der Waals surface area contributed by atoms with Crippen LogP contribution in [0, 0.1) is 0 Å². The van der Waals surface area contributed by atoms with Gasteiger partial charge < -0.3 is 5.43 Å². The first kappa shape index (κ1) is 12.0. The fraction of sp³-hybridized carbons (Fsp3) is 0.300. The third-order valence-corrected chi connectivity index (χ3v) is 3.86. The van der Waals surface area contributed by atoms with E-state index in [0.717, 1.165) is 15.5 Å². The van der Waals surface area contributed by atoms with E-state index in [1.165, 1.54) is 0 Å². The van der Waals surface area contributed by atoms with Gasteiger partial charge in [-0.05, 0) is 35.8 Å². The normalized spacial score (nSPS) is 11.4. The molecule has 2 aromatic rings. The van der Waals surface area contributed by atoms with Gasteiger partial charge in [0.2, 0.25) is 0 Å². The summed E-state index contributed by atoms with van der Waals surface area (Å²) in [5.74, 6) is 0. The second-order valence-corrected chi connectivity index (χ2v) is 5.33. The van der Waals surface area contributed by atoms with E-state index in [9.17, 15) is 0 Å². The van der Waals surface area contributed by atoms with Crippen molar-refractivity contribution in [1.29, 1.82) is 0 Å². The molecule has 1 N–H and O–H groups in total. The Bertz CT molecular complexity index is 536. The second kappa shape index (κ2) is 4.43. The van der Waals surface area contributed by atoms with Gasteiger partial charge in [0.05, 0.1) is 20.0 Å². The van der Waals surface area contributed by atoms with E-state index >= 15 is 0 Å². The van der Waals surface area contributed by atoms with Crippen LogP contribution >= 0.6 is 39.1 Å². The summed E-state index contributed by atoms with van der Waals surface area (Å²) in [6.07, 6.45) is 1.71. The zero-order valence-corrected chi connectivity index (χ0v) is 11.9. The van der Waals surface area contributed by atoms with Crippen LogP contribution in [-0.2, 0) is 0 Å². The first-order valence-corrected chi connectivity index (χ1v) is 6.32. The Morgan fingerprint density at radius 1 is 1.44 bits per heavy atom. The summed E-state index contributed by atoms with van der Waals surface area (Å²) in [6.45, 7) is 4.11. The summed E-state index contributed by atoms with van der Waals surface area (Å²) in [5, 5.41) is 0.998. The summed E-state index contributed by atoms with van der Waals surface area (Å²) >= 11 is 15.4. The van der Waals surface area contributed by atoms with Crippen LogP contribution in [0.25, 0.3) is 11.0 Å². The van der Waals surface area contributed by atoms with Gasteiger partial charge in [-0.2, -0.15) is 0 Å². The summed E-state index contributed by atoms with van der Waals surface area (Å²) in [7, 11) is 0. The molecule has 0 aliphatic heterocycles. The quantitative estimate of drug-likeness (QED) is 0.845. The van der Waals surface area contributed by atoms with Gasteiger partial charge in [0, 0.05) is 6.04 Å². The van der Waals surface area contributed by atoms with Crippen molar-refractivity contribution in [2.75, 3.05) is 5.43 Å². The lowest BCUT2D eigenvalue weighted by Gasteiger charge is -2.12. The maximum absolute atomic E-state index is 6.03. The smallest absolute Gasteiger partial charge is 0.115 e. The van der Waals surface area contributed by atoms with Crippen LogP contribution in [0.3, 0.4) is 0 Å². The standard InChI is InChI=1S/C10H10BrCl2N3/c1-5(2)15-16-4-14-10-7(16)3-6(12)9(13)8(10)11/h3-5,15H,1-2H3. The molecule has 0 aliphatic rings. The van der Waals surface area contributed by atoms with Crippen LogP contribution in [0.2, 0.25) is 10.0 Å². The molecule has 0 radical (unpaired) electrons. The second-order valence-electron chi connectivity index (χ2n) is 3.75. The molecule has 1 aromatic heterocycles. The third-order valence-electron chi connectivity index (χ3n) is 2.08. The van der Waals surface area contributed by atoms with Crippen LogP contribution in [0.5, 0.6) is 0 Å². The molecular weight excluding hydrogens is 313 g/mol. The maximum Gasteiger partial charge on any atom is 0.115 e. The lowest BCUT2D eigenvalue weighted by atomic mass is 10.3. The van der Waals surface area contributed by atoms with Crippen LogP contribution in [0.15, 0.2) is 16.9 Å². The molecule has 1 aromatic carbocycles. The summed E-state index contributed by atoms with van der Waals surface area (Å²) in [6, 6.07) is 2.11. The Hall–Kier alpha value is -0.450. The minimum atomic E-state index is 0.311. The van der Waals surface area contributed by atoms with Crippen molar-refractivity contribution in [3.05, 3.63) is 26.9 Å². The molecule has 0 spiro atoms. The van der Waals surface area contributed by atoms with Crippen molar-refractivity contribution >= 4 is 50.2 Å². The highest BCUT2D eigenvalue weighted by Crippen LogP contribution is 2.36. The lowest BCUT2D eigenvalue weighted by molar-refractivity contribution is 0.750. The van der Waals surface area contributed by atoms with Gasteiger partial charge in [-0.1, -0.05) is 23.2 Å². The fourth-order valence-electron chi connectivity index (χ4n) is 1.44. The molecule has 0 fully saturated rings. The van der Waals surface area contributed by atoms with Gasteiger partial charge in [-0.25, -0.2) is 9.66 Å². The molecule has 3 nitrogen and oxygen atoms in total. The van der Waals surface area contributed by atoms with E-state index in [4.69, 9.17) is 23.2 Å². The third kappa shape index (κ3) is 2.01. The zero-order chi connectivity index (χ0) is 11.9. The average Bonchev–Trinajstić information content (AvgIpc) is 2.58. The molecule has 0 saturated carbocycles. The molecule has 16 heavy (non-hydrogen) atoms. The molecule has 0 saturated heterocycles. The Morgan fingerprint density at radius 3 is 2.75 bits per heavy atom. The van der Waals surface area contributed by atoms with Crippen LogP contribution < -0.4 is 5.43 Å². The van der Waals surface area contributed by atoms with Crippen LogP contribution in [0.1, 0.15) is 13.8 Å². The Balaban J connectivity index is 2.64. The first-order chi connectivity index (χ1) is 7.50. The molecular formula is C10H10BrCl2N3. The minimum Gasteiger partial charge on any atom is -0.322 e. The van der Waals surface area contributed by atoms with Gasteiger partial charge in [0.15, 0.2) is 0 Å². The highest BCUT2D eigenvalue weighted by Gasteiger charge is 2.13. The number of fused-ring (bicyclic) bond motifs is 1. The van der Waals surface area contributed by atoms with E-state index in [1.807, 2.05) is 4.68 Å². The molecule has 0 aliphatic carbocycles. The monoisotopic (exact) mass is 321 g/mol. The summed E-state index contributed by atoms with van der Waals surface area (Å²) in [4.78, 5) is 4.28. The van der Waals surface area contributed by atoms with E-state index in [1.54, 1.807) is 12.4 Å². The molecule has 0 amide bonds. The molecule has 0 unspecified atom stereocenters. The number of rotatable bonds is 2. The Kier molecular flexibility index (Phi) is 3.33. The fourth-order valence-corrected chi connectivity index (χ4v) is 2.41. The largest absolute Gasteiger partial charge is 0.322 e. The van der Waals surface area contributed by atoms with Crippen molar-refractivity contribution in [1.82, 2.24) is 9.66 Å². The maximum atomic E-state index is 6.03. The van der Waals surface area contributed by atoms with Gasteiger partial charge in [-0.15, -0.1) is 0 Å². The van der Waals surface area contributed by atoms with Gasteiger partial charge in [0.25, 0.3) is 0 Å². The molecule has 2 rings (SSSR count). The van der Waals surface area contributed by atoms with E-state index in [-0.39, 0.29) is 0 Å².